The molecule has 0 radical (unpaired) electrons. The van der Waals surface area contributed by atoms with Crippen LogP contribution in [-0.4, -0.2) is 10.9 Å². The van der Waals surface area contributed by atoms with E-state index in [1.54, 1.807) is 6.20 Å². The number of pyridine rings is 1. The van der Waals surface area contributed by atoms with E-state index in [2.05, 4.69) is 10.3 Å². The largest absolute Gasteiger partial charge is 0.439 e. The zero-order valence-electron chi connectivity index (χ0n) is 11.8. The molecule has 1 aromatic carbocycles. The molecule has 5 heteroatoms. The molecule has 0 atom stereocenters. The van der Waals surface area contributed by atoms with Crippen molar-refractivity contribution in [3.8, 4) is 11.6 Å². The van der Waals surface area contributed by atoms with Gasteiger partial charge in [-0.05, 0) is 48.7 Å². The summed E-state index contributed by atoms with van der Waals surface area (Å²) in [5, 5.41) is 2.85. The predicted molar refractivity (Wildman–Crippen MR) is 80.3 cm³/mol. The molecule has 0 fully saturated rings. The Balaban J connectivity index is 1.84. The number of aromatic nitrogens is 1. The van der Waals surface area contributed by atoms with Crippen molar-refractivity contribution >= 4 is 11.6 Å². The van der Waals surface area contributed by atoms with Crippen LogP contribution >= 0.6 is 0 Å². The van der Waals surface area contributed by atoms with E-state index in [9.17, 15) is 4.79 Å². The van der Waals surface area contributed by atoms with Crippen LogP contribution in [0.3, 0.4) is 0 Å². The van der Waals surface area contributed by atoms with Gasteiger partial charge in [0.25, 0.3) is 0 Å². The van der Waals surface area contributed by atoms with Crippen LogP contribution in [-0.2, 0) is 17.8 Å². The third-order valence-corrected chi connectivity index (χ3v) is 3.51. The summed E-state index contributed by atoms with van der Waals surface area (Å²) in [7, 11) is 0. The normalized spacial score (nSPS) is 13.5. The molecule has 1 aliphatic rings. The van der Waals surface area contributed by atoms with Crippen LogP contribution in [0.5, 0.6) is 11.6 Å². The number of hydrogen-bond acceptors (Lipinski definition) is 4. The van der Waals surface area contributed by atoms with Crippen LogP contribution < -0.4 is 15.8 Å². The summed E-state index contributed by atoms with van der Waals surface area (Å²) < 4.78 is 5.84. The fraction of sp³-hybridized carbons (Fsp3) is 0.250. The first kappa shape index (κ1) is 13.6. The van der Waals surface area contributed by atoms with Crippen molar-refractivity contribution in [2.45, 2.75) is 26.3 Å². The van der Waals surface area contributed by atoms with Gasteiger partial charge in [-0.1, -0.05) is 0 Å². The Labute approximate surface area is 123 Å². The molecule has 0 saturated heterocycles. The van der Waals surface area contributed by atoms with Gasteiger partial charge in [-0.25, -0.2) is 4.98 Å². The van der Waals surface area contributed by atoms with E-state index in [1.165, 1.54) is 0 Å². The van der Waals surface area contributed by atoms with Gasteiger partial charge in [-0.15, -0.1) is 0 Å². The highest BCUT2D eigenvalue weighted by Gasteiger charge is 2.15. The van der Waals surface area contributed by atoms with Gasteiger partial charge in [0.2, 0.25) is 11.8 Å². The standard InChI is InChI=1S/C16H17N3O2/c1-10-6-11(8-17)9-18-16(10)21-13-3-4-14-12(7-13)2-5-15(20)19-14/h3-4,6-7,9H,2,5,8,17H2,1H3,(H,19,20). The molecule has 5 nitrogen and oxygen atoms in total. The third-order valence-electron chi connectivity index (χ3n) is 3.51. The molecule has 3 N–H and O–H groups in total. The maximum atomic E-state index is 11.3. The number of benzene rings is 1. The first-order valence-electron chi connectivity index (χ1n) is 6.92. The maximum Gasteiger partial charge on any atom is 0.224 e. The van der Waals surface area contributed by atoms with Gasteiger partial charge >= 0.3 is 0 Å². The zero-order valence-corrected chi connectivity index (χ0v) is 11.8. The van der Waals surface area contributed by atoms with Crippen LogP contribution in [0.2, 0.25) is 0 Å². The first-order chi connectivity index (χ1) is 10.2. The number of amides is 1. The van der Waals surface area contributed by atoms with Crippen LogP contribution in [0.1, 0.15) is 23.1 Å². The lowest BCUT2D eigenvalue weighted by Gasteiger charge is -2.17. The molecule has 1 aromatic heterocycles. The molecular weight excluding hydrogens is 266 g/mol. The number of carbonyl (C=O) groups is 1. The minimum absolute atomic E-state index is 0.0612. The Kier molecular flexibility index (Phi) is 3.58. The van der Waals surface area contributed by atoms with Gasteiger partial charge in [-0.2, -0.15) is 0 Å². The summed E-state index contributed by atoms with van der Waals surface area (Å²) in [6, 6.07) is 7.63. The van der Waals surface area contributed by atoms with Crippen molar-refractivity contribution in [2.24, 2.45) is 5.73 Å². The lowest BCUT2D eigenvalue weighted by Crippen LogP contribution is -2.18. The third kappa shape index (κ3) is 2.87. The quantitative estimate of drug-likeness (QED) is 0.907. The molecule has 0 unspecified atom stereocenters. The van der Waals surface area contributed by atoms with Gasteiger partial charge in [0.1, 0.15) is 5.75 Å². The molecule has 108 valence electrons. The van der Waals surface area contributed by atoms with Crippen molar-refractivity contribution in [2.75, 3.05) is 5.32 Å². The highest BCUT2D eigenvalue weighted by molar-refractivity contribution is 5.94. The van der Waals surface area contributed by atoms with Crippen LogP contribution in [0.4, 0.5) is 5.69 Å². The number of fused-ring (bicyclic) bond motifs is 1. The highest BCUT2D eigenvalue weighted by atomic mass is 16.5. The number of nitrogens with two attached hydrogens (primary N) is 1. The Morgan fingerprint density at radius 2 is 2.19 bits per heavy atom. The Morgan fingerprint density at radius 1 is 1.33 bits per heavy atom. The van der Waals surface area contributed by atoms with Gasteiger partial charge in [0.15, 0.2) is 0 Å². The summed E-state index contributed by atoms with van der Waals surface area (Å²) in [6.07, 6.45) is 2.97. The van der Waals surface area contributed by atoms with Crippen LogP contribution in [0, 0.1) is 6.92 Å². The summed E-state index contributed by atoms with van der Waals surface area (Å²) in [6.45, 7) is 2.41. The van der Waals surface area contributed by atoms with Gasteiger partial charge in [0, 0.05) is 30.4 Å². The monoisotopic (exact) mass is 283 g/mol. The van der Waals surface area contributed by atoms with Crippen molar-refractivity contribution in [3.63, 3.8) is 0 Å². The van der Waals surface area contributed by atoms with Crippen molar-refractivity contribution < 1.29 is 9.53 Å². The van der Waals surface area contributed by atoms with E-state index in [1.807, 2.05) is 31.2 Å². The minimum atomic E-state index is 0.0612. The molecule has 0 bridgehead atoms. The van der Waals surface area contributed by atoms with E-state index in [0.29, 0.717) is 18.8 Å². The average molecular weight is 283 g/mol. The number of ether oxygens (including phenoxy) is 1. The van der Waals surface area contributed by atoms with E-state index in [4.69, 9.17) is 10.5 Å². The first-order valence-corrected chi connectivity index (χ1v) is 6.92. The summed E-state index contributed by atoms with van der Waals surface area (Å²) >= 11 is 0. The average Bonchev–Trinajstić information content (AvgIpc) is 2.49. The summed E-state index contributed by atoms with van der Waals surface area (Å²) in [5.74, 6) is 1.36. The topological polar surface area (TPSA) is 77.2 Å². The maximum absolute atomic E-state index is 11.3. The lowest BCUT2D eigenvalue weighted by atomic mass is 10.0. The minimum Gasteiger partial charge on any atom is -0.439 e. The number of carbonyl (C=O) groups excluding carboxylic acids is 1. The van der Waals surface area contributed by atoms with Gasteiger partial charge < -0.3 is 15.8 Å². The molecule has 2 aromatic rings. The molecule has 0 spiro atoms. The highest BCUT2D eigenvalue weighted by Crippen LogP contribution is 2.30. The number of hydrogen-bond donors (Lipinski definition) is 2. The molecule has 2 heterocycles. The van der Waals surface area contributed by atoms with Crippen LogP contribution in [0.25, 0.3) is 0 Å². The number of nitrogens with one attached hydrogen (secondary N) is 1. The Bertz CT molecular complexity index is 698. The lowest BCUT2D eigenvalue weighted by molar-refractivity contribution is -0.116. The fourth-order valence-corrected chi connectivity index (χ4v) is 2.37. The van der Waals surface area contributed by atoms with E-state index in [0.717, 1.165) is 34.5 Å². The molecule has 1 amide bonds. The van der Waals surface area contributed by atoms with E-state index >= 15 is 0 Å². The molecule has 1 aliphatic heterocycles. The SMILES string of the molecule is Cc1cc(CN)cnc1Oc1ccc2c(c1)CCC(=O)N2. The number of nitrogens with zero attached hydrogens (tertiary/aromatic N) is 1. The van der Waals surface area contributed by atoms with Crippen LogP contribution in [0.15, 0.2) is 30.5 Å². The number of anilines is 1. The number of aryl methyl sites for hydroxylation is 2. The molecule has 21 heavy (non-hydrogen) atoms. The van der Waals surface area contributed by atoms with Gasteiger partial charge in [-0.3, -0.25) is 4.79 Å². The molecule has 0 aliphatic carbocycles. The Hall–Kier alpha value is -2.40. The summed E-state index contributed by atoms with van der Waals surface area (Å²) in [5.41, 5.74) is 9.47. The second-order valence-corrected chi connectivity index (χ2v) is 5.14. The van der Waals surface area contributed by atoms with E-state index < -0.39 is 0 Å². The smallest absolute Gasteiger partial charge is 0.224 e. The fourth-order valence-electron chi connectivity index (χ4n) is 2.37. The van der Waals surface area contributed by atoms with Crippen molar-refractivity contribution in [3.05, 3.63) is 47.2 Å². The van der Waals surface area contributed by atoms with E-state index in [-0.39, 0.29) is 5.91 Å². The molecular formula is C16H17N3O2. The van der Waals surface area contributed by atoms with Gasteiger partial charge in [0.05, 0.1) is 0 Å². The van der Waals surface area contributed by atoms with Crippen molar-refractivity contribution in [1.29, 1.82) is 0 Å². The molecule has 0 saturated carbocycles. The predicted octanol–water partition coefficient (Wildman–Crippen LogP) is 2.53. The second kappa shape index (κ2) is 5.54. The second-order valence-electron chi connectivity index (χ2n) is 5.14. The molecule has 3 rings (SSSR count). The summed E-state index contributed by atoms with van der Waals surface area (Å²) in [4.78, 5) is 15.6. The number of rotatable bonds is 3. The Morgan fingerprint density at radius 3 is 2.95 bits per heavy atom. The zero-order chi connectivity index (χ0) is 14.8. The van der Waals surface area contributed by atoms with Crippen molar-refractivity contribution in [1.82, 2.24) is 4.98 Å².